The molecule has 0 atom stereocenters. The van der Waals surface area contributed by atoms with Gasteiger partial charge in [0.2, 0.25) is 0 Å². The van der Waals surface area contributed by atoms with E-state index in [1.807, 2.05) is 25.1 Å². The van der Waals surface area contributed by atoms with Crippen molar-refractivity contribution in [2.45, 2.75) is 6.92 Å². The molecule has 0 aliphatic rings. The van der Waals surface area contributed by atoms with Crippen molar-refractivity contribution < 1.29 is 9.53 Å². The molecule has 84 valence electrons. The molecular weight excluding hydrogens is 206 g/mol. The number of nitrogen functional groups attached to an aromatic ring is 1. The van der Waals surface area contributed by atoms with Crippen LogP contribution < -0.4 is 16.0 Å². The van der Waals surface area contributed by atoms with Crippen LogP contribution in [0.1, 0.15) is 16.1 Å². The monoisotopic (exact) mass is 219 g/mol. The van der Waals surface area contributed by atoms with Gasteiger partial charge in [0.25, 0.3) is 5.91 Å². The van der Waals surface area contributed by atoms with Crippen LogP contribution in [-0.4, -0.2) is 18.0 Å². The van der Waals surface area contributed by atoms with Gasteiger partial charge in [-0.1, -0.05) is 0 Å². The zero-order valence-corrected chi connectivity index (χ0v) is 9.13. The molecule has 0 fully saturated rings. The van der Waals surface area contributed by atoms with Crippen molar-refractivity contribution in [3.05, 3.63) is 29.5 Å². The molecule has 0 aliphatic heterocycles. The first-order valence-corrected chi connectivity index (χ1v) is 4.84. The number of carbonyl (C=O) groups is 1. The lowest BCUT2D eigenvalue weighted by Crippen LogP contribution is -2.30. The molecular formula is C11H13N3O2. The van der Waals surface area contributed by atoms with Crippen LogP contribution in [0.3, 0.4) is 0 Å². The number of carbonyl (C=O) groups excluding carboxylic acids is 1. The van der Waals surface area contributed by atoms with Gasteiger partial charge in [-0.15, -0.1) is 0 Å². The first kappa shape index (κ1) is 10.5. The number of methoxy groups -OCH3 is 1. The Morgan fingerprint density at radius 1 is 1.50 bits per heavy atom. The van der Waals surface area contributed by atoms with Gasteiger partial charge >= 0.3 is 0 Å². The highest BCUT2D eigenvalue weighted by molar-refractivity contribution is 6.00. The Morgan fingerprint density at radius 3 is 2.88 bits per heavy atom. The van der Waals surface area contributed by atoms with Crippen molar-refractivity contribution in [1.82, 2.24) is 10.4 Å². The topological polar surface area (TPSA) is 80.1 Å². The molecule has 2 rings (SSSR count). The molecule has 0 saturated carbocycles. The smallest absolute Gasteiger partial charge is 0.281 e. The van der Waals surface area contributed by atoms with Crippen LogP contribution in [0.15, 0.2) is 18.2 Å². The molecule has 1 aromatic heterocycles. The normalized spacial score (nSPS) is 10.4. The number of rotatable bonds is 2. The summed E-state index contributed by atoms with van der Waals surface area (Å²) in [5.41, 5.74) is 4.33. The fourth-order valence-corrected chi connectivity index (χ4v) is 1.73. The number of H-pyrrole nitrogens is 1. The van der Waals surface area contributed by atoms with E-state index in [9.17, 15) is 4.79 Å². The van der Waals surface area contributed by atoms with Crippen LogP contribution in [0.2, 0.25) is 0 Å². The van der Waals surface area contributed by atoms with Crippen molar-refractivity contribution >= 4 is 16.8 Å². The van der Waals surface area contributed by atoms with Crippen molar-refractivity contribution in [2.75, 3.05) is 7.11 Å². The number of benzene rings is 1. The number of fused-ring (bicyclic) bond motifs is 1. The van der Waals surface area contributed by atoms with Crippen LogP contribution in [0.4, 0.5) is 0 Å². The van der Waals surface area contributed by atoms with Crippen LogP contribution in [0, 0.1) is 6.92 Å². The molecule has 5 nitrogen and oxygen atoms in total. The quantitative estimate of drug-likeness (QED) is 0.402. The van der Waals surface area contributed by atoms with Gasteiger partial charge in [-0.25, -0.2) is 5.84 Å². The van der Waals surface area contributed by atoms with E-state index in [4.69, 9.17) is 10.6 Å². The summed E-state index contributed by atoms with van der Waals surface area (Å²) >= 11 is 0. The van der Waals surface area contributed by atoms with E-state index < -0.39 is 0 Å². The maximum absolute atomic E-state index is 11.5. The van der Waals surface area contributed by atoms with Crippen LogP contribution >= 0.6 is 0 Å². The maximum Gasteiger partial charge on any atom is 0.281 e. The standard InChI is InChI=1S/C11H13N3O2/c1-6-8-5-7(16-2)3-4-9(8)13-10(6)11(15)14-12/h3-5,13H,12H2,1-2H3,(H,14,15). The lowest BCUT2D eigenvalue weighted by molar-refractivity contribution is 0.0949. The molecule has 2 aromatic rings. The molecule has 0 saturated heterocycles. The van der Waals surface area contributed by atoms with E-state index in [-0.39, 0.29) is 5.91 Å². The van der Waals surface area contributed by atoms with Crippen molar-refractivity contribution in [3.63, 3.8) is 0 Å². The van der Waals surface area contributed by atoms with Gasteiger partial charge in [0.05, 0.1) is 7.11 Å². The molecule has 5 heteroatoms. The number of aromatic nitrogens is 1. The molecule has 0 bridgehead atoms. The zero-order valence-electron chi connectivity index (χ0n) is 9.13. The number of aryl methyl sites for hydroxylation is 1. The minimum Gasteiger partial charge on any atom is -0.497 e. The van der Waals surface area contributed by atoms with Gasteiger partial charge in [0.15, 0.2) is 0 Å². The Hall–Kier alpha value is -2.01. The SMILES string of the molecule is COc1ccc2[nH]c(C(=O)NN)c(C)c2c1. The highest BCUT2D eigenvalue weighted by Crippen LogP contribution is 2.25. The maximum atomic E-state index is 11.5. The number of nitrogens with one attached hydrogen (secondary N) is 2. The van der Waals surface area contributed by atoms with Crippen molar-refractivity contribution in [1.29, 1.82) is 0 Å². The summed E-state index contributed by atoms with van der Waals surface area (Å²) in [6.45, 7) is 1.86. The van der Waals surface area contributed by atoms with Gasteiger partial charge < -0.3 is 9.72 Å². The number of amides is 1. The highest BCUT2D eigenvalue weighted by Gasteiger charge is 2.13. The second-order valence-corrected chi connectivity index (χ2v) is 3.51. The summed E-state index contributed by atoms with van der Waals surface area (Å²) in [6.07, 6.45) is 0. The van der Waals surface area contributed by atoms with E-state index in [2.05, 4.69) is 10.4 Å². The lowest BCUT2D eigenvalue weighted by atomic mass is 10.1. The van der Waals surface area contributed by atoms with Gasteiger partial charge in [-0.3, -0.25) is 10.2 Å². The van der Waals surface area contributed by atoms with E-state index in [1.165, 1.54) is 0 Å². The average molecular weight is 219 g/mol. The average Bonchev–Trinajstić information content (AvgIpc) is 2.65. The second-order valence-electron chi connectivity index (χ2n) is 3.51. The van der Waals surface area contributed by atoms with Crippen LogP contribution in [0.25, 0.3) is 10.9 Å². The van der Waals surface area contributed by atoms with Crippen molar-refractivity contribution in [3.8, 4) is 5.75 Å². The molecule has 16 heavy (non-hydrogen) atoms. The number of hydrogen-bond acceptors (Lipinski definition) is 3. The van der Waals surface area contributed by atoms with Gasteiger partial charge in [0.1, 0.15) is 11.4 Å². The third kappa shape index (κ3) is 1.51. The van der Waals surface area contributed by atoms with Gasteiger partial charge in [0, 0.05) is 10.9 Å². The minimum absolute atomic E-state index is 0.326. The summed E-state index contributed by atoms with van der Waals surface area (Å²) in [5, 5.41) is 0.956. The highest BCUT2D eigenvalue weighted by atomic mass is 16.5. The molecule has 1 amide bonds. The molecule has 1 aromatic carbocycles. The number of nitrogens with two attached hydrogens (primary N) is 1. The van der Waals surface area contributed by atoms with E-state index in [1.54, 1.807) is 7.11 Å². The van der Waals surface area contributed by atoms with E-state index in [0.717, 1.165) is 22.2 Å². The third-order valence-electron chi connectivity index (χ3n) is 2.62. The minimum atomic E-state index is -0.326. The Labute approximate surface area is 92.6 Å². The first-order valence-electron chi connectivity index (χ1n) is 4.84. The molecule has 1 heterocycles. The Balaban J connectivity index is 2.64. The summed E-state index contributed by atoms with van der Waals surface area (Å²) in [7, 11) is 1.61. The zero-order chi connectivity index (χ0) is 11.7. The Morgan fingerprint density at radius 2 is 2.25 bits per heavy atom. The number of aromatic amines is 1. The predicted octanol–water partition coefficient (Wildman–Crippen LogP) is 1.09. The molecule has 0 spiro atoms. The molecule has 4 N–H and O–H groups in total. The van der Waals surface area contributed by atoms with Crippen LogP contribution in [0.5, 0.6) is 5.75 Å². The van der Waals surface area contributed by atoms with E-state index in [0.29, 0.717) is 5.69 Å². The predicted molar refractivity (Wildman–Crippen MR) is 61.2 cm³/mol. The van der Waals surface area contributed by atoms with E-state index >= 15 is 0 Å². The Kier molecular flexibility index (Phi) is 2.54. The number of hydrazine groups is 1. The van der Waals surface area contributed by atoms with Gasteiger partial charge in [-0.05, 0) is 30.7 Å². The van der Waals surface area contributed by atoms with Gasteiger partial charge in [-0.2, -0.15) is 0 Å². The summed E-state index contributed by atoms with van der Waals surface area (Å²) in [5.74, 6) is 5.54. The molecule has 0 radical (unpaired) electrons. The van der Waals surface area contributed by atoms with Crippen LogP contribution in [-0.2, 0) is 0 Å². The number of ether oxygens (including phenoxy) is 1. The molecule has 0 aliphatic carbocycles. The fourth-order valence-electron chi connectivity index (χ4n) is 1.73. The number of hydrogen-bond donors (Lipinski definition) is 3. The molecule has 0 unspecified atom stereocenters. The van der Waals surface area contributed by atoms with Crippen molar-refractivity contribution in [2.24, 2.45) is 5.84 Å². The third-order valence-corrected chi connectivity index (χ3v) is 2.62. The summed E-state index contributed by atoms with van der Waals surface area (Å²) in [4.78, 5) is 14.5. The summed E-state index contributed by atoms with van der Waals surface area (Å²) < 4.78 is 5.13. The second kappa shape index (κ2) is 3.86. The lowest BCUT2D eigenvalue weighted by Gasteiger charge is -1.99. The Bertz CT molecular complexity index is 545. The largest absolute Gasteiger partial charge is 0.497 e. The summed E-state index contributed by atoms with van der Waals surface area (Å²) in [6, 6.07) is 5.59. The fraction of sp³-hybridized carbons (Fsp3) is 0.182. The first-order chi connectivity index (χ1) is 7.67.